The first-order chi connectivity index (χ1) is 18.7. The van der Waals surface area contributed by atoms with Crippen molar-refractivity contribution < 1.29 is 4.79 Å². The summed E-state index contributed by atoms with van der Waals surface area (Å²) >= 11 is 12.2. The normalized spacial score (nSPS) is 16.8. The van der Waals surface area contributed by atoms with Gasteiger partial charge in [-0.3, -0.25) is 9.78 Å². The Hall–Kier alpha value is -3.68. The van der Waals surface area contributed by atoms with Crippen molar-refractivity contribution in [2.45, 2.75) is 46.2 Å². The zero-order valence-corrected chi connectivity index (χ0v) is 24.1. The van der Waals surface area contributed by atoms with E-state index in [1.54, 1.807) is 6.20 Å². The van der Waals surface area contributed by atoms with Gasteiger partial charge < -0.3 is 20.1 Å². The molecule has 200 valence electrons. The monoisotopic (exact) mass is 557 g/mol. The highest BCUT2D eigenvalue weighted by Crippen LogP contribution is 2.43. The molecule has 0 radical (unpaired) electrons. The first kappa shape index (κ1) is 26.9. The van der Waals surface area contributed by atoms with E-state index in [2.05, 4.69) is 51.9 Å². The lowest BCUT2D eigenvalue weighted by atomic mass is 9.93. The summed E-state index contributed by atoms with van der Waals surface area (Å²) in [5.41, 5.74) is 8.46. The van der Waals surface area contributed by atoms with Crippen molar-refractivity contribution >= 4 is 40.5 Å². The molecule has 1 aliphatic rings. The number of carbonyl (C=O) groups is 1. The lowest BCUT2D eigenvalue weighted by Crippen LogP contribution is -2.33. The standard InChI is InChI=1S/C31H32ClN5OS/c1-19-11-13-24(14-12-19)34-27(38)15-17-36-30(29(35-31(36)39)26-10-5-6-16-33-26)28-20(2)21(3)37(22(28)4)25-9-7-8-23(32)18-25/h5-14,16,18,29-30H,15,17H2,1-4H3,(H,34,38)(H,35,39)/t29-,30-/m0/s1. The van der Waals surface area contributed by atoms with Crippen molar-refractivity contribution in [1.29, 1.82) is 0 Å². The molecule has 2 aromatic heterocycles. The smallest absolute Gasteiger partial charge is 0.226 e. The van der Waals surface area contributed by atoms with Crippen LogP contribution in [0.1, 0.15) is 52.3 Å². The highest BCUT2D eigenvalue weighted by Gasteiger charge is 2.42. The fraction of sp³-hybridized carbons (Fsp3) is 0.258. The molecule has 3 heterocycles. The van der Waals surface area contributed by atoms with Crippen LogP contribution in [0.15, 0.2) is 72.9 Å². The maximum Gasteiger partial charge on any atom is 0.226 e. The molecule has 4 aromatic rings. The van der Waals surface area contributed by atoms with Crippen molar-refractivity contribution in [3.8, 4) is 5.69 Å². The second-order valence-electron chi connectivity index (χ2n) is 10.0. The van der Waals surface area contributed by atoms with Crippen molar-refractivity contribution in [2.75, 3.05) is 11.9 Å². The Morgan fingerprint density at radius 3 is 2.49 bits per heavy atom. The SMILES string of the molecule is Cc1ccc(NC(=O)CCN2C(=S)N[C@@H](c3ccccn3)[C@@H]2c2c(C)c(C)n(-c3cccc(Cl)c3)c2C)cc1. The number of hydrogen-bond donors (Lipinski definition) is 2. The van der Waals surface area contributed by atoms with E-state index >= 15 is 0 Å². The number of nitrogens with one attached hydrogen (secondary N) is 2. The van der Waals surface area contributed by atoms with E-state index in [1.165, 1.54) is 11.1 Å². The number of aromatic nitrogens is 2. The van der Waals surface area contributed by atoms with Crippen LogP contribution in [0.3, 0.4) is 0 Å². The van der Waals surface area contributed by atoms with Crippen LogP contribution >= 0.6 is 23.8 Å². The van der Waals surface area contributed by atoms with E-state index in [0.29, 0.717) is 23.1 Å². The largest absolute Gasteiger partial charge is 0.352 e. The van der Waals surface area contributed by atoms with Gasteiger partial charge in [0, 0.05) is 52.5 Å². The van der Waals surface area contributed by atoms with Crippen molar-refractivity contribution in [1.82, 2.24) is 19.8 Å². The summed E-state index contributed by atoms with van der Waals surface area (Å²) in [7, 11) is 0. The predicted molar refractivity (Wildman–Crippen MR) is 162 cm³/mol. The third kappa shape index (κ3) is 5.42. The van der Waals surface area contributed by atoms with Crippen molar-refractivity contribution in [2.24, 2.45) is 0 Å². The summed E-state index contributed by atoms with van der Waals surface area (Å²) < 4.78 is 2.25. The molecule has 0 unspecified atom stereocenters. The Morgan fingerprint density at radius 2 is 1.79 bits per heavy atom. The fourth-order valence-electron chi connectivity index (χ4n) is 5.49. The van der Waals surface area contributed by atoms with Crippen LogP contribution in [0.4, 0.5) is 5.69 Å². The minimum Gasteiger partial charge on any atom is -0.352 e. The molecule has 1 aliphatic heterocycles. The summed E-state index contributed by atoms with van der Waals surface area (Å²) in [6, 6.07) is 21.3. The number of rotatable bonds is 7. The molecular weight excluding hydrogens is 526 g/mol. The third-order valence-corrected chi connectivity index (χ3v) is 8.07. The van der Waals surface area contributed by atoms with Crippen molar-refractivity contribution in [3.63, 3.8) is 0 Å². The maximum atomic E-state index is 12.9. The highest BCUT2D eigenvalue weighted by atomic mass is 35.5. The second-order valence-corrected chi connectivity index (χ2v) is 10.8. The van der Waals surface area contributed by atoms with Gasteiger partial charge in [0.2, 0.25) is 5.91 Å². The van der Waals surface area contributed by atoms with Gasteiger partial charge in [-0.05, 0) is 87.9 Å². The molecule has 1 amide bonds. The van der Waals surface area contributed by atoms with Gasteiger partial charge in [0.1, 0.15) is 0 Å². The highest BCUT2D eigenvalue weighted by molar-refractivity contribution is 7.80. The molecule has 0 bridgehead atoms. The molecule has 0 aliphatic carbocycles. The van der Waals surface area contributed by atoms with Crippen molar-refractivity contribution in [3.05, 3.63) is 112 Å². The first-order valence-corrected chi connectivity index (χ1v) is 13.8. The number of halogens is 1. The Balaban J connectivity index is 1.50. The number of carbonyl (C=O) groups excluding carboxylic acids is 1. The maximum absolute atomic E-state index is 12.9. The van der Waals surface area contributed by atoms with E-state index in [0.717, 1.165) is 34.0 Å². The number of anilines is 1. The van der Waals surface area contributed by atoms with E-state index in [4.69, 9.17) is 23.8 Å². The minimum absolute atomic E-state index is 0.0530. The van der Waals surface area contributed by atoms with Gasteiger partial charge in [-0.2, -0.15) is 0 Å². The van der Waals surface area contributed by atoms with Crippen LogP contribution in [0.2, 0.25) is 5.02 Å². The summed E-state index contributed by atoms with van der Waals surface area (Å²) in [5, 5.41) is 7.83. The van der Waals surface area contributed by atoms with Crippen LogP contribution in [-0.2, 0) is 4.79 Å². The number of thiocarbonyl (C=S) groups is 1. The molecular formula is C31H32ClN5OS. The van der Waals surface area contributed by atoms with Gasteiger partial charge in [-0.15, -0.1) is 0 Å². The number of hydrogen-bond acceptors (Lipinski definition) is 3. The molecule has 1 fully saturated rings. The van der Waals surface area contributed by atoms with Gasteiger partial charge >= 0.3 is 0 Å². The van der Waals surface area contributed by atoms with Gasteiger partial charge in [0.05, 0.1) is 17.8 Å². The predicted octanol–water partition coefficient (Wildman–Crippen LogP) is 6.76. The molecule has 5 rings (SSSR count). The fourth-order valence-corrected chi connectivity index (χ4v) is 6.00. The Labute approximate surface area is 240 Å². The molecule has 2 aromatic carbocycles. The summed E-state index contributed by atoms with van der Waals surface area (Å²) in [4.78, 5) is 19.7. The van der Waals surface area contributed by atoms with E-state index < -0.39 is 0 Å². The van der Waals surface area contributed by atoms with Gasteiger partial charge in [-0.1, -0.05) is 41.4 Å². The molecule has 6 nitrogen and oxygen atoms in total. The first-order valence-electron chi connectivity index (χ1n) is 13.0. The van der Waals surface area contributed by atoms with Crippen LogP contribution in [0, 0.1) is 27.7 Å². The second kappa shape index (κ2) is 11.2. The molecule has 0 spiro atoms. The van der Waals surface area contributed by atoms with Crippen LogP contribution in [0.5, 0.6) is 0 Å². The van der Waals surface area contributed by atoms with Crippen LogP contribution in [-0.4, -0.2) is 32.0 Å². The third-order valence-electron chi connectivity index (χ3n) is 7.48. The quantitative estimate of drug-likeness (QED) is 0.246. The number of amides is 1. The molecule has 39 heavy (non-hydrogen) atoms. The molecule has 2 N–H and O–H groups in total. The molecule has 1 saturated heterocycles. The Morgan fingerprint density at radius 1 is 1.03 bits per heavy atom. The van der Waals surface area contributed by atoms with Crippen LogP contribution in [0.25, 0.3) is 5.69 Å². The molecule has 0 saturated carbocycles. The minimum atomic E-state index is -0.161. The Bertz CT molecular complexity index is 1520. The van der Waals surface area contributed by atoms with Gasteiger partial charge in [0.25, 0.3) is 0 Å². The Kier molecular flexibility index (Phi) is 7.73. The molecule has 2 atom stereocenters. The number of benzene rings is 2. The average Bonchev–Trinajstić information content (AvgIpc) is 3.35. The van der Waals surface area contributed by atoms with E-state index in [-0.39, 0.29) is 18.0 Å². The summed E-state index contributed by atoms with van der Waals surface area (Å²) in [6.07, 6.45) is 2.10. The van der Waals surface area contributed by atoms with Crippen LogP contribution < -0.4 is 10.6 Å². The number of pyridine rings is 1. The zero-order chi connectivity index (χ0) is 27.7. The molecule has 8 heteroatoms. The van der Waals surface area contributed by atoms with E-state index in [9.17, 15) is 4.79 Å². The topological polar surface area (TPSA) is 62.2 Å². The zero-order valence-electron chi connectivity index (χ0n) is 22.5. The van der Waals surface area contributed by atoms with E-state index in [1.807, 2.05) is 67.6 Å². The summed E-state index contributed by atoms with van der Waals surface area (Å²) in [6.45, 7) is 8.91. The summed E-state index contributed by atoms with van der Waals surface area (Å²) in [5.74, 6) is -0.0530. The van der Waals surface area contributed by atoms with Gasteiger partial charge in [-0.25, -0.2) is 0 Å². The number of aryl methyl sites for hydroxylation is 1. The number of nitrogens with zero attached hydrogens (tertiary/aromatic N) is 3. The lowest BCUT2D eigenvalue weighted by molar-refractivity contribution is -0.116. The average molecular weight is 558 g/mol. The van der Waals surface area contributed by atoms with Gasteiger partial charge in [0.15, 0.2) is 5.11 Å². The lowest BCUT2D eigenvalue weighted by Gasteiger charge is -2.29.